The quantitative estimate of drug-likeness (QED) is 0.114. The molecule has 0 unspecified atom stereocenters. The molecular weight excluding hydrogens is 488 g/mol. The number of aliphatic hydroxyl groups is 5. The van der Waals surface area contributed by atoms with Crippen LogP contribution >= 0.6 is 0 Å². The van der Waals surface area contributed by atoms with Crippen LogP contribution in [0, 0.1) is 11.8 Å². The van der Waals surface area contributed by atoms with Crippen molar-refractivity contribution in [2.24, 2.45) is 11.8 Å². The van der Waals surface area contributed by atoms with Gasteiger partial charge in [0.25, 0.3) is 0 Å². The smallest absolute Gasteiger partial charge is 0.333 e. The lowest BCUT2D eigenvalue weighted by molar-refractivity contribution is -0.347. The number of carbonyl (C=O) groups is 2. The average Bonchev–Trinajstić information content (AvgIpc) is 3.18. The Kier molecular flexibility index (Phi) is 10.0. The number of hydrogen-bond acceptors (Lipinski definition) is 11. The zero-order valence-electron chi connectivity index (χ0n) is 21.4. The predicted molar refractivity (Wildman–Crippen MR) is 128 cm³/mol. The zero-order valence-corrected chi connectivity index (χ0v) is 21.4. The normalized spacial score (nSPS) is 38.4. The molecule has 9 atom stereocenters. The standard InChI is InChI=1S/C26H38O11/c1-14(8-10-27)5-4-6-16(3)23(32)36-22-21(31)20(30)18(12-29)35-25(22)37-24-19-15(2)7-9-26(19,33)17(11-28)13-34-24/h6,8,11,13,15,18-22,24-25,27,29-31,33H,4-5,7,9-10,12H2,1-3H3/b14-8+,16-6+/t15-,18-,19-,20-,21+,22-,24+,25+,26+/m1/s1. The van der Waals surface area contributed by atoms with Gasteiger partial charge in [-0.25, -0.2) is 4.79 Å². The van der Waals surface area contributed by atoms with Crippen molar-refractivity contribution in [3.63, 3.8) is 0 Å². The lowest BCUT2D eigenvalue weighted by Gasteiger charge is -2.45. The number of allylic oxidation sites excluding steroid dienone is 2. The summed E-state index contributed by atoms with van der Waals surface area (Å²) in [5.41, 5.74) is -0.153. The fraction of sp³-hybridized carbons (Fsp3) is 0.692. The van der Waals surface area contributed by atoms with Crippen LogP contribution < -0.4 is 0 Å². The molecule has 0 spiro atoms. The number of esters is 1. The van der Waals surface area contributed by atoms with E-state index in [9.17, 15) is 30.0 Å². The van der Waals surface area contributed by atoms with E-state index < -0.39 is 61.1 Å². The van der Waals surface area contributed by atoms with E-state index >= 15 is 0 Å². The molecule has 11 heteroatoms. The highest BCUT2D eigenvalue weighted by Gasteiger charge is 2.57. The van der Waals surface area contributed by atoms with Gasteiger partial charge in [-0.15, -0.1) is 0 Å². The predicted octanol–water partition coefficient (Wildman–Crippen LogP) is 0.235. The number of ether oxygens (including phenoxy) is 4. The van der Waals surface area contributed by atoms with Gasteiger partial charge in [0.2, 0.25) is 12.6 Å². The maximum atomic E-state index is 12.8. The molecule has 1 saturated carbocycles. The second kappa shape index (κ2) is 12.6. The number of hydrogen-bond donors (Lipinski definition) is 5. The first-order chi connectivity index (χ1) is 17.6. The Morgan fingerprint density at radius 1 is 1.19 bits per heavy atom. The first-order valence-corrected chi connectivity index (χ1v) is 12.5. The van der Waals surface area contributed by atoms with Crippen molar-refractivity contribution >= 4 is 12.3 Å². The topological polar surface area (TPSA) is 172 Å². The van der Waals surface area contributed by atoms with E-state index in [1.54, 1.807) is 19.1 Å². The van der Waals surface area contributed by atoms with Crippen LogP contribution in [0.5, 0.6) is 0 Å². The Morgan fingerprint density at radius 3 is 2.57 bits per heavy atom. The minimum atomic E-state index is -1.65. The molecule has 0 aromatic heterocycles. The zero-order chi connectivity index (χ0) is 27.3. The summed E-state index contributed by atoms with van der Waals surface area (Å²) in [7, 11) is 0. The third-order valence-electron chi connectivity index (χ3n) is 7.48. The summed E-state index contributed by atoms with van der Waals surface area (Å²) in [6, 6.07) is 0. The van der Waals surface area contributed by atoms with Crippen LogP contribution in [0.25, 0.3) is 0 Å². The highest BCUT2D eigenvalue weighted by molar-refractivity contribution is 5.87. The molecule has 1 saturated heterocycles. The Bertz CT molecular complexity index is 912. The van der Waals surface area contributed by atoms with E-state index in [4.69, 9.17) is 24.1 Å². The number of aliphatic hydroxyl groups excluding tert-OH is 4. The van der Waals surface area contributed by atoms with Gasteiger partial charge in [0.15, 0.2) is 12.4 Å². The van der Waals surface area contributed by atoms with Crippen molar-refractivity contribution in [1.82, 2.24) is 0 Å². The van der Waals surface area contributed by atoms with Crippen molar-refractivity contribution < 1.29 is 54.1 Å². The average molecular weight is 527 g/mol. The molecule has 2 aliphatic heterocycles. The third kappa shape index (κ3) is 6.31. The second-order valence-electron chi connectivity index (χ2n) is 10.0. The first-order valence-electron chi connectivity index (χ1n) is 12.5. The molecule has 2 fully saturated rings. The molecule has 0 bridgehead atoms. The Balaban J connectivity index is 1.78. The molecule has 3 rings (SSSR count). The van der Waals surface area contributed by atoms with Crippen molar-refractivity contribution in [3.8, 4) is 0 Å². The van der Waals surface area contributed by atoms with Gasteiger partial charge in [-0.05, 0) is 45.4 Å². The van der Waals surface area contributed by atoms with Gasteiger partial charge in [0.05, 0.1) is 31.0 Å². The highest BCUT2D eigenvalue weighted by atomic mass is 16.8. The summed E-state index contributed by atoms with van der Waals surface area (Å²) >= 11 is 0. The van der Waals surface area contributed by atoms with Crippen molar-refractivity contribution in [2.45, 2.75) is 89.1 Å². The van der Waals surface area contributed by atoms with Crippen molar-refractivity contribution in [2.75, 3.05) is 13.2 Å². The van der Waals surface area contributed by atoms with Gasteiger partial charge in [0.1, 0.15) is 23.9 Å². The molecule has 5 N–H and O–H groups in total. The summed E-state index contributed by atoms with van der Waals surface area (Å²) < 4.78 is 22.8. The Morgan fingerprint density at radius 2 is 1.92 bits per heavy atom. The monoisotopic (exact) mass is 526 g/mol. The molecule has 0 aromatic rings. The van der Waals surface area contributed by atoms with Crippen LogP contribution in [0.3, 0.4) is 0 Å². The summed E-state index contributed by atoms with van der Waals surface area (Å²) in [6.07, 6.45) is -1.39. The van der Waals surface area contributed by atoms with E-state index in [0.29, 0.717) is 32.0 Å². The van der Waals surface area contributed by atoms with Crippen LogP contribution in [0.2, 0.25) is 0 Å². The Labute approximate surface area is 216 Å². The summed E-state index contributed by atoms with van der Waals surface area (Å²) in [4.78, 5) is 24.3. The van der Waals surface area contributed by atoms with Crippen LogP contribution in [0.4, 0.5) is 0 Å². The molecule has 2 heterocycles. The first kappa shape index (κ1) is 29.4. The molecule has 208 valence electrons. The highest BCUT2D eigenvalue weighted by Crippen LogP contribution is 2.49. The number of rotatable bonds is 10. The Hall–Kier alpha value is -2.12. The van der Waals surface area contributed by atoms with Crippen molar-refractivity contribution in [3.05, 3.63) is 35.1 Å². The molecule has 0 aromatic carbocycles. The van der Waals surface area contributed by atoms with Gasteiger partial charge >= 0.3 is 5.97 Å². The fourth-order valence-corrected chi connectivity index (χ4v) is 5.17. The molecule has 0 radical (unpaired) electrons. The van der Waals surface area contributed by atoms with E-state index in [-0.39, 0.29) is 23.7 Å². The maximum absolute atomic E-state index is 12.8. The van der Waals surface area contributed by atoms with E-state index in [1.807, 2.05) is 13.8 Å². The van der Waals surface area contributed by atoms with Gasteiger partial charge in [-0.1, -0.05) is 24.6 Å². The summed E-state index contributed by atoms with van der Waals surface area (Å²) in [5, 5.41) is 51.0. The number of aldehydes is 1. The van der Waals surface area contributed by atoms with Crippen LogP contribution in [-0.2, 0) is 28.5 Å². The van der Waals surface area contributed by atoms with E-state index in [2.05, 4.69) is 0 Å². The minimum absolute atomic E-state index is 0.0668. The summed E-state index contributed by atoms with van der Waals surface area (Å²) in [5.74, 6) is -1.51. The fourth-order valence-electron chi connectivity index (χ4n) is 5.17. The van der Waals surface area contributed by atoms with Crippen molar-refractivity contribution in [1.29, 1.82) is 0 Å². The van der Waals surface area contributed by atoms with Crippen LogP contribution in [0.1, 0.15) is 46.5 Å². The molecular formula is C26H38O11. The van der Waals surface area contributed by atoms with Crippen LogP contribution in [-0.4, -0.2) is 93.6 Å². The van der Waals surface area contributed by atoms with Gasteiger partial charge in [-0.2, -0.15) is 0 Å². The molecule has 11 nitrogen and oxygen atoms in total. The molecule has 3 aliphatic rings. The maximum Gasteiger partial charge on any atom is 0.333 e. The SMILES string of the molecule is C/C(=C\CO)CC/C=C(\C)C(=O)O[C@H]1[C@H](O[C@@H]2OC=C(C=O)[C@@]3(O)CC[C@@H](C)[C@H]23)O[C@H](CO)[C@@H](O)[C@@H]1O. The lowest BCUT2D eigenvalue weighted by atomic mass is 9.80. The number of carbonyl (C=O) groups excluding carboxylic acids is 2. The lowest BCUT2D eigenvalue weighted by Crippen LogP contribution is -2.62. The third-order valence-corrected chi connectivity index (χ3v) is 7.48. The van der Waals surface area contributed by atoms with E-state index in [0.717, 1.165) is 11.8 Å². The van der Waals surface area contributed by atoms with Gasteiger partial charge < -0.3 is 44.5 Å². The largest absolute Gasteiger partial charge is 0.471 e. The van der Waals surface area contributed by atoms with Crippen LogP contribution in [0.15, 0.2) is 35.1 Å². The summed E-state index contributed by atoms with van der Waals surface area (Å²) in [6.45, 7) is 4.59. The molecule has 1 aliphatic carbocycles. The number of fused-ring (bicyclic) bond motifs is 1. The minimum Gasteiger partial charge on any atom is -0.471 e. The molecule has 0 amide bonds. The van der Waals surface area contributed by atoms with E-state index in [1.165, 1.54) is 0 Å². The van der Waals surface area contributed by atoms with Gasteiger partial charge in [-0.3, -0.25) is 4.79 Å². The molecule has 37 heavy (non-hydrogen) atoms. The second-order valence-corrected chi connectivity index (χ2v) is 10.0. The van der Waals surface area contributed by atoms with Gasteiger partial charge in [0, 0.05) is 5.57 Å².